The maximum atomic E-state index is 14.0. The van der Waals surface area contributed by atoms with Gasteiger partial charge in [0.1, 0.15) is 0 Å². The first-order valence-electron chi connectivity index (χ1n) is 10.5. The van der Waals surface area contributed by atoms with Crippen LogP contribution in [0, 0.1) is 11.7 Å². The molecule has 0 saturated heterocycles. The monoisotopic (exact) mass is 408 g/mol. The van der Waals surface area contributed by atoms with Crippen molar-refractivity contribution in [1.29, 1.82) is 0 Å². The van der Waals surface area contributed by atoms with Crippen molar-refractivity contribution in [3.05, 3.63) is 64.5 Å². The first-order chi connectivity index (χ1) is 13.8. The van der Waals surface area contributed by atoms with E-state index in [4.69, 9.17) is 0 Å². The van der Waals surface area contributed by atoms with E-state index in [9.17, 15) is 17.6 Å². The summed E-state index contributed by atoms with van der Waals surface area (Å²) in [6.45, 7) is 2.20. The smallest absolute Gasteiger partial charge is 0.403 e. The highest BCUT2D eigenvalue weighted by atomic mass is 19.4. The summed E-state index contributed by atoms with van der Waals surface area (Å²) in [5, 5.41) is 0. The molecule has 0 aliphatic heterocycles. The quantitative estimate of drug-likeness (QED) is 0.332. The number of ether oxygens (including phenoxy) is 1. The molecule has 29 heavy (non-hydrogen) atoms. The van der Waals surface area contributed by atoms with Crippen LogP contribution in [0.2, 0.25) is 0 Å². The molecule has 0 amide bonds. The van der Waals surface area contributed by atoms with E-state index in [1.807, 2.05) is 0 Å². The number of unbranched alkanes of at least 4 members (excludes halogenated alkanes) is 2. The van der Waals surface area contributed by atoms with Crippen molar-refractivity contribution in [2.24, 2.45) is 5.92 Å². The van der Waals surface area contributed by atoms with E-state index in [0.29, 0.717) is 18.8 Å². The number of benzene rings is 2. The Bertz CT molecular complexity index is 796. The molecule has 1 atom stereocenters. The molecule has 0 aromatic heterocycles. The topological polar surface area (TPSA) is 9.23 Å². The fourth-order valence-electron chi connectivity index (χ4n) is 4.10. The van der Waals surface area contributed by atoms with Gasteiger partial charge in [0.25, 0.3) is 0 Å². The van der Waals surface area contributed by atoms with Gasteiger partial charge in [-0.1, -0.05) is 44.0 Å². The number of aryl methyl sites for hydroxylation is 3. The van der Waals surface area contributed by atoms with Crippen molar-refractivity contribution in [2.75, 3.05) is 0 Å². The second-order valence-electron chi connectivity index (χ2n) is 8.02. The normalized spacial score (nSPS) is 16.5. The fraction of sp³-hybridized carbons (Fsp3) is 0.500. The Labute approximate surface area is 170 Å². The third-order valence-corrected chi connectivity index (χ3v) is 5.74. The molecule has 1 nitrogen and oxygen atoms in total. The zero-order valence-electron chi connectivity index (χ0n) is 16.8. The van der Waals surface area contributed by atoms with Crippen LogP contribution in [0.15, 0.2) is 36.4 Å². The van der Waals surface area contributed by atoms with Crippen molar-refractivity contribution < 1.29 is 22.3 Å². The van der Waals surface area contributed by atoms with Crippen LogP contribution in [-0.2, 0) is 25.7 Å². The van der Waals surface area contributed by atoms with E-state index in [-0.39, 0.29) is 0 Å². The summed E-state index contributed by atoms with van der Waals surface area (Å²) in [5.41, 5.74) is 4.24. The molecule has 2 aromatic rings. The minimum Gasteiger partial charge on any atom is -0.403 e. The van der Waals surface area contributed by atoms with Gasteiger partial charge in [0.05, 0.1) is 0 Å². The van der Waals surface area contributed by atoms with Crippen LogP contribution in [0.25, 0.3) is 0 Å². The molecule has 0 fully saturated rings. The average molecular weight is 408 g/mol. The van der Waals surface area contributed by atoms with Crippen LogP contribution in [0.5, 0.6) is 5.75 Å². The van der Waals surface area contributed by atoms with Crippen molar-refractivity contribution in [3.63, 3.8) is 0 Å². The lowest BCUT2D eigenvalue weighted by Gasteiger charge is -2.25. The molecular formula is C24H28F4O. The number of halogens is 4. The van der Waals surface area contributed by atoms with E-state index in [1.165, 1.54) is 42.5 Å². The summed E-state index contributed by atoms with van der Waals surface area (Å²) in [5.74, 6) is -1.25. The Hall–Kier alpha value is -2.04. The van der Waals surface area contributed by atoms with Gasteiger partial charge in [-0.3, -0.25) is 0 Å². The number of rotatable bonds is 8. The molecule has 1 unspecified atom stereocenters. The second kappa shape index (κ2) is 9.64. The van der Waals surface area contributed by atoms with Crippen molar-refractivity contribution in [3.8, 4) is 5.75 Å². The Balaban J connectivity index is 1.54. The van der Waals surface area contributed by atoms with Crippen LogP contribution < -0.4 is 4.74 Å². The molecular weight excluding hydrogens is 380 g/mol. The molecule has 0 heterocycles. The van der Waals surface area contributed by atoms with Crippen molar-refractivity contribution in [1.82, 2.24) is 0 Å². The van der Waals surface area contributed by atoms with E-state index in [0.717, 1.165) is 36.8 Å². The number of hydrogen-bond acceptors (Lipinski definition) is 1. The van der Waals surface area contributed by atoms with Gasteiger partial charge in [0.15, 0.2) is 11.6 Å². The summed E-state index contributed by atoms with van der Waals surface area (Å²) >= 11 is 0. The predicted octanol–water partition coefficient (Wildman–Crippen LogP) is 7.19. The molecule has 0 spiro atoms. The summed E-state index contributed by atoms with van der Waals surface area (Å²) in [6.07, 6.45) is 4.18. The first-order valence-corrected chi connectivity index (χ1v) is 10.5. The Morgan fingerprint density at radius 2 is 1.66 bits per heavy atom. The first kappa shape index (κ1) is 21.7. The maximum absolute atomic E-state index is 14.0. The highest BCUT2D eigenvalue weighted by Gasteiger charge is 2.33. The Morgan fingerprint density at radius 1 is 0.966 bits per heavy atom. The lowest BCUT2D eigenvalue weighted by Crippen LogP contribution is -2.20. The lowest BCUT2D eigenvalue weighted by atomic mass is 9.81. The molecule has 158 valence electrons. The molecule has 0 radical (unpaired) electrons. The number of fused-ring (bicyclic) bond motifs is 1. The average Bonchev–Trinajstić information content (AvgIpc) is 2.67. The van der Waals surface area contributed by atoms with E-state index in [2.05, 4.69) is 35.9 Å². The minimum atomic E-state index is -4.88. The number of hydrogen-bond donors (Lipinski definition) is 0. The lowest BCUT2D eigenvalue weighted by molar-refractivity contribution is -0.275. The van der Waals surface area contributed by atoms with E-state index >= 15 is 0 Å². The Morgan fingerprint density at radius 3 is 2.31 bits per heavy atom. The summed E-state index contributed by atoms with van der Waals surface area (Å²) in [4.78, 5) is 0. The van der Waals surface area contributed by atoms with Crippen LogP contribution >= 0.6 is 0 Å². The standard InChI is InChI=1S/C24H28F4O/c1-2-3-4-5-17-6-8-18(9-7-17)10-11-19-12-13-20-16-23(29-24(26,27)28)22(25)15-21(20)14-19/h6-9,15-16,19H,2-5,10-14H2,1H3. The van der Waals surface area contributed by atoms with Gasteiger partial charge in [-0.05, 0) is 85.3 Å². The Kier molecular flexibility index (Phi) is 7.20. The molecule has 1 aliphatic carbocycles. The van der Waals surface area contributed by atoms with Gasteiger partial charge in [0, 0.05) is 0 Å². The van der Waals surface area contributed by atoms with Crippen molar-refractivity contribution >= 4 is 0 Å². The van der Waals surface area contributed by atoms with Gasteiger partial charge in [-0.2, -0.15) is 0 Å². The molecule has 1 aliphatic rings. The fourth-order valence-corrected chi connectivity index (χ4v) is 4.10. The molecule has 0 N–H and O–H groups in total. The molecule has 0 bridgehead atoms. The van der Waals surface area contributed by atoms with Crippen LogP contribution in [0.4, 0.5) is 17.6 Å². The molecule has 0 saturated carbocycles. The summed E-state index contributed by atoms with van der Waals surface area (Å²) in [6, 6.07) is 11.2. The van der Waals surface area contributed by atoms with Crippen molar-refractivity contribution in [2.45, 2.75) is 71.1 Å². The SMILES string of the molecule is CCCCCc1ccc(CCC2CCc3cc(OC(F)(F)F)c(F)cc3C2)cc1. The van der Waals surface area contributed by atoms with E-state index < -0.39 is 17.9 Å². The highest BCUT2D eigenvalue weighted by Crippen LogP contribution is 2.34. The van der Waals surface area contributed by atoms with Crippen LogP contribution in [0.3, 0.4) is 0 Å². The predicted molar refractivity (Wildman–Crippen MR) is 107 cm³/mol. The van der Waals surface area contributed by atoms with Crippen LogP contribution in [-0.4, -0.2) is 6.36 Å². The zero-order chi connectivity index (χ0) is 20.9. The zero-order valence-corrected chi connectivity index (χ0v) is 16.8. The van der Waals surface area contributed by atoms with Gasteiger partial charge in [0.2, 0.25) is 0 Å². The van der Waals surface area contributed by atoms with Gasteiger partial charge >= 0.3 is 6.36 Å². The summed E-state index contributed by atoms with van der Waals surface area (Å²) in [7, 11) is 0. The highest BCUT2D eigenvalue weighted by molar-refractivity contribution is 5.39. The van der Waals surface area contributed by atoms with Gasteiger partial charge in [-0.25, -0.2) is 4.39 Å². The molecule has 5 heteroatoms. The molecule has 2 aromatic carbocycles. The minimum absolute atomic E-state index is 0.417. The third kappa shape index (κ3) is 6.48. The number of alkyl halides is 3. The van der Waals surface area contributed by atoms with Crippen LogP contribution in [0.1, 0.15) is 61.3 Å². The van der Waals surface area contributed by atoms with E-state index in [1.54, 1.807) is 0 Å². The largest absolute Gasteiger partial charge is 0.573 e. The second-order valence-corrected chi connectivity index (χ2v) is 8.02. The van der Waals surface area contributed by atoms with Gasteiger partial charge < -0.3 is 4.74 Å². The summed E-state index contributed by atoms with van der Waals surface area (Å²) < 4.78 is 55.0. The molecule has 3 rings (SSSR count). The maximum Gasteiger partial charge on any atom is 0.573 e. The third-order valence-electron chi connectivity index (χ3n) is 5.74. The van der Waals surface area contributed by atoms with Gasteiger partial charge in [-0.15, -0.1) is 13.2 Å².